The van der Waals surface area contributed by atoms with Crippen LogP contribution in [0.15, 0.2) is 11.6 Å². The highest BCUT2D eigenvalue weighted by Crippen LogP contribution is 2.28. The molecule has 0 radical (unpaired) electrons. The number of hydrogen-bond donors (Lipinski definition) is 4. The molecule has 2 rings (SSSR count). The molecule has 0 bridgehead atoms. The van der Waals surface area contributed by atoms with Gasteiger partial charge in [-0.1, -0.05) is 103 Å². The second kappa shape index (κ2) is 22.5. The molecular weight excluding hydrogens is 532 g/mol. The first-order valence-electron chi connectivity index (χ1n) is 17.6. The molecule has 2 aliphatic heterocycles. The molecule has 0 aliphatic carbocycles. The molecule has 0 aromatic heterocycles. The molecule has 2 heterocycles. The Kier molecular flexibility index (Phi) is 19.9. The summed E-state index contributed by atoms with van der Waals surface area (Å²) in [7, 11) is 0. The van der Waals surface area contributed by atoms with E-state index in [9.17, 15) is 25.2 Å². The minimum Gasteiger partial charge on any atom is -0.455 e. The zero-order valence-electron chi connectivity index (χ0n) is 26.9. The van der Waals surface area contributed by atoms with E-state index < -0.39 is 24.4 Å². The van der Waals surface area contributed by atoms with E-state index in [1.54, 1.807) is 6.08 Å². The monoisotopic (exact) mass is 596 g/mol. The number of aliphatic hydroxyl groups is 4. The second-order valence-corrected chi connectivity index (χ2v) is 13.1. The van der Waals surface area contributed by atoms with Gasteiger partial charge in [0.1, 0.15) is 6.10 Å². The summed E-state index contributed by atoms with van der Waals surface area (Å²) in [5, 5.41) is 41.6. The van der Waals surface area contributed by atoms with Crippen molar-refractivity contribution in [1.29, 1.82) is 0 Å². The van der Waals surface area contributed by atoms with E-state index in [-0.39, 0.29) is 24.3 Å². The van der Waals surface area contributed by atoms with Gasteiger partial charge >= 0.3 is 5.97 Å². The van der Waals surface area contributed by atoms with Crippen LogP contribution >= 0.6 is 0 Å². The predicted octanol–water partition coefficient (Wildman–Crippen LogP) is 7.06. The fraction of sp³-hybridized carbons (Fsp3) is 0.914. The minimum absolute atomic E-state index is 0.168. The van der Waals surface area contributed by atoms with Crippen LogP contribution in [0.2, 0.25) is 0 Å². The van der Waals surface area contributed by atoms with Gasteiger partial charge in [0.25, 0.3) is 0 Å². The molecule has 7 atom stereocenters. The molecule has 1 fully saturated rings. The van der Waals surface area contributed by atoms with Crippen LogP contribution in [0.5, 0.6) is 0 Å². The van der Waals surface area contributed by atoms with Crippen LogP contribution in [-0.4, -0.2) is 69.1 Å². The van der Waals surface area contributed by atoms with Crippen LogP contribution in [0.25, 0.3) is 0 Å². The van der Waals surface area contributed by atoms with Crippen molar-refractivity contribution in [3.05, 3.63) is 11.6 Å². The number of esters is 1. The molecule has 7 heteroatoms. The highest BCUT2D eigenvalue weighted by atomic mass is 16.5. The van der Waals surface area contributed by atoms with Crippen LogP contribution in [0.4, 0.5) is 0 Å². The van der Waals surface area contributed by atoms with Crippen molar-refractivity contribution in [3.63, 3.8) is 0 Å². The molecule has 2 aliphatic rings. The maximum absolute atomic E-state index is 11.7. The summed E-state index contributed by atoms with van der Waals surface area (Å²) in [6.45, 7) is 4.07. The maximum Gasteiger partial charge on any atom is 0.334 e. The van der Waals surface area contributed by atoms with E-state index in [1.165, 1.54) is 51.4 Å². The molecule has 7 nitrogen and oxygen atoms in total. The predicted molar refractivity (Wildman–Crippen MR) is 168 cm³/mol. The molecule has 0 aromatic rings. The van der Waals surface area contributed by atoms with E-state index in [1.807, 2.05) is 6.92 Å². The standard InChI is InChI=1S/C35H64O7/c1-3-4-5-6-7-8-9-10-14-17-20-31(37)32(38)22-23-33(39)34-24-21-30(42-34)19-16-13-11-12-15-18-29(36)26-28-25-27(2)41-35(28)40/h25,27,29-34,36-39H,3-24,26H2,1-2H3/t27-,29+,30-,31+,32-,33+,34+/m1/s1. The SMILES string of the molecule is CCCCCCCCCCCC[C@H](O)[C@H](O)CC[C@H](O)[C@@H]1CC[C@@H](CCCCCCC[C@H](O)CC2=C[C@@H](C)OC2=O)O1. The Morgan fingerprint density at radius 3 is 1.93 bits per heavy atom. The van der Waals surface area contributed by atoms with Gasteiger partial charge in [-0.25, -0.2) is 4.79 Å². The average Bonchev–Trinajstić information content (AvgIpc) is 3.57. The van der Waals surface area contributed by atoms with E-state index in [2.05, 4.69) is 6.92 Å². The zero-order chi connectivity index (χ0) is 30.6. The number of carbonyl (C=O) groups excluding carboxylic acids is 1. The normalized spacial score (nSPS) is 23.5. The Morgan fingerprint density at radius 1 is 0.738 bits per heavy atom. The molecule has 1 saturated heterocycles. The molecule has 0 unspecified atom stereocenters. The molecule has 0 saturated carbocycles. The van der Waals surface area contributed by atoms with Gasteiger partial charge in [-0.2, -0.15) is 0 Å². The highest BCUT2D eigenvalue weighted by molar-refractivity contribution is 5.90. The first-order chi connectivity index (χ1) is 20.3. The number of aliphatic hydroxyl groups excluding tert-OH is 4. The lowest BCUT2D eigenvalue weighted by Gasteiger charge is -2.22. The van der Waals surface area contributed by atoms with E-state index in [4.69, 9.17) is 9.47 Å². The van der Waals surface area contributed by atoms with Crippen LogP contribution in [0.3, 0.4) is 0 Å². The summed E-state index contributed by atoms with van der Waals surface area (Å²) in [6, 6.07) is 0. The van der Waals surface area contributed by atoms with Crippen LogP contribution in [-0.2, 0) is 14.3 Å². The molecule has 246 valence electrons. The zero-order valence-corrected chi connectivity index (χ0v) is 26.9. The van der Waals surface area contributed by atoms with Gasteiger partial charge in [0.2, 0.25) is 0 Å². The Labute approximate surface area is 256 Å². The van der Waals surface area contributed by atoms with E-state index >= 15 is 0 Å². The third-order valence-corrected chi connectivity index (χ3v) is 9.14. The third kappa shape index (κ3) is 16.2. The lowest BCUT2D eigenvalue weighted by atomic mass is 9.97. The molecule has 0 amide bonds. The molecule has 4 N–H and O–H groups in total. The summed E-state index contributed by atoms with van der Waals surface area (Å²) in [5.74, 6) is -0.295. The van der Waals surface area contributed by atoms with Gasteiger partial charge in [0, 0.05) is 12.0 Å². The number of cyclic esters (lactones) is 1. The fourth-order valence-electron chi connectivity index (χ4n) is 6.40. The quantitative estimate of drug-likeness (QED) is 0.0624. The fourth-order valence-corrected chi connectivity index (χ4v) is 6.40. The topological polar surface area (TPSA) is 116 Å². The second-order valence-electron chi connectivity index (χ2n) is 13.1. The molecular formula is C35H64O7. The number of rotatable bonds is 26. The summed E-state index contributed by atoms with van der Waals surface area (Å²) in [4.78, 5) is 11.7. The van der Waals surface area contributed by atoms with Crippen LogP contribution < -0.4 is 0 Å². The number of ether oxygens (including phenoxy) is 2. The van der Waals surface area contributed by atoms with Crippen molar-refractivity contribution >= 4 is 5.97 Å². The van der Waals surface area contributed by atoms with E-state index in [0.29, 0.717) is 37.7 Å². The van der Waals surface area contributed by atoms with Crippen molar-refractivity contribution in [3.8, 4) is 0 Å². The van der Waals surface area contributed by atoms with Gasteiger partial charge in [-0.3, -0.25) is 0 Å². The number of unbranched alkanes of at least 4 members (excludes halogenated alkanes) is 13. The lowest BCUT2D eigenvalue weighted by molar-refractivity contribution is -0.139. The van der Waals surface area contributed by atoms with Gasteiger partial charge in [0.15, 0.2) is 0 Å². The van der Waals surface area contributed by atoms with Gasteiger partial charge < -0.3 is 29.9 Å². The third-order valence-electron chi connectivity index (χ3n) is 9.14. The van der Waals surface area contributed by atoms with Crippen molar-refractivity contribution in [1.82, 2.24) is 0 Å². The molecule has 42 heavy (non-hydrogen) atoms. The molecule has 0 spiro atoms. The summed E-state index contributed by atoms with van der Waals surface area (Å²) in [5.41, 5.74) is 0.600. The first-order valence-corrected chi connectivity index (χ1v) is 17.6. The lowest BCUT2D eigenvalue weighted by Crippen LogP contribution is -2.31. The van der Waals surface area contributed by atoms with Crippen LogP contribution in [0.1, 0.15) is 162 Å². The van der Waals surface area contributed by atoms with Gasteiger partial charge in [-0.15, -0.1) is 0 Å². The van der Waals surface area contributed by atoms with Crippen molar-refractivity contribution in [2.45, 2.75) is 204 Å². The van der Waals surface area contributed by atoms with Gasteiger partial charge in [-0.05, 0) is 57.9 Å². The van der Waals surface area contributed by atoms with Crippen molar-refractivity contribution in [2.75, 3.05) is 0 Å². The number of hydrogen-bond acceptors (Lipinski definition) is 7. The highest BCUT2D eigenvalue weighted by Gasteiger charge is 2.31. The van der Waals surface area contributed by atoms with Crippen LogP contribution in [0, 0.1) is 0 Å². The van der Waals surface area contributed by atoms with Gasteiger partial charge in [0.05, 0.1) is 36.6 Å². The average molecular weight is 597 g/mol. The largest absolute Gasteiger partial charge is 0.455 e. The maximum atomic E-state index is 11.7. The summed E-state index contributed by atoms with van der Waals surface area (Å²) < 4.78 is 11.2. The first kappa shape index (κ1) is 37.2. The Morgan fingerprint density at radius 2 is 1.31 bits per heavy atom. The van der Waals surface area contributed by atoms with Crippen molar-refractivity contribution in [2.24, 2.45) is 0 Å². The minimum atomic E-state index is -0.781. The van der Waals surface area contributed by atoms with Crippen molar-refractivity contribution < 1.29 is 34.7 Å². The summed E-state index contributed by atoms with van der Waals surface area (Å²) in [6.07, 6.45) is 22.4. The summed E-state index contributed by atoms with van der Waals surface area (Å²) >= 11 is 0. The Balaban J connectivity index is 1.42. The Bertz CT molecular complexity index is 726. The molecule has 0 aromatic carbocycles. The smallest absolute Gasteiger partial charge is 0.334 e. The Hall–Kier alpha value is -0.990. The number of carbonyl (C=O) groups is 1. The van der Waals surface area contributed by atoms with E-state index in [0.717, 1.165) is 64.2 Å².